The van der Waals surface area contributed by atoms with E-state index in [9.17, 15) is 4.79 Å². The molecular formula is C12H8ClN3O2. The van der Waals surface area contributed by atoms with E-state index in [1.54, 1.807) is 0 Å². The molecule has 0 saturated heterocycles. The zero-order valence-electron chi connectivity index (χ0n) is 9.07. The first-order valence-corrected chi connectivity index (χ1v) is 5.58. The maximum Gasteiger partial charge on any atom is 0.353 e. The molecule has 0 amide bonds. The number of nitrogens with zero attached hydrogens (tertiary/aromatic N) is 1. The van der Waals surface area contributed by atoms with Crippen LogP contribution in [0.3, 0.4) is 0 Å². The van der Waals surface area contributed by atoms with Crippen LogP contribution in [-0.4, -0.2) is 26.3 Å². The Balaban J connectivity index is 2.17. The Morgan fingerprint density at radius 3 is 2.89 bits per heavy atom. The van der Waals surface area contributed by atoms with Crippen LogP contribution in [0.1, 0.15) is 10.5 Å². The summed E-state index contributed by atoms with van der Waals surface area (Å²) in [4.78, 5) is 13.9. The van der Waals surface area contributed by atoms with Gasteiger partial charge in [-0.25, -0.2) is 4.79 Å². The third kappa shape index (κ3) is 1.65. The highest BCUT2D eigenvalue weighted by Crippen LogP contribution is 2.30. The molecule has 0 aliphatic carbocycles. The van der Waals surface area contributed by atoms with Gasteiger partial charge in [0.15, 0.2) is 0 Å². The SMILES string of the molecule is O=C(O)c1cc(-c2cc3[nH]ccc3cc2Cl)n[nH]1. The van der Waals surface area contributed by atoms with Crippen LogP contribution in [-0.2, 0) is 0 Å². The summed E-state index contributed by atoms with van der Waals surface area (Å²) in [6.07, 6.45) is 1.82. The minimum absolute atomic E-state index is 0.0349. The average molecular weight is 262 g/mol. The van der Waals surface area contributed by atoms with E-state index in [1.807, 2.05) is 24.4 Å². The van der Waals surface area contributed by atoms with Crippen LogP contribution in [0.25, 0.3) is 22.2 Å². The molecule has 5 nitrogen and oxygen atoms in total. The number of carboxylic acid groups (broad SMARTS) is 1. The van der Waals surface area contributed by atoms with Gasteiger partial charge in [-0.15, -0.1) is 0 Å². The summed E-state index contributed by atoms with van der Waals surface area (Å²) in [6, 6.07) is 7.04. The molecule has 0 atom stereocenters. The van der Waals surface area contributed by atoms with Crippen LogP contribution in [0.4, 0.5) is 0 Å². The minimum Gasteiger partial charge on any atom is -0.477 e. The van der Waals surface area contributed by atoms with E-state index in [2.05, 4.69) is 15.2 Å². The van der Waals surface area contributed by atoms with E-state index < -0.39 is 5.97 Å². The van der Waals surface area contributed by atoms with Crippen molar-refractivity contribution in [1.29, 1.82) is 0 Å². The molecule has 6 heteroatoms. The molecule has 0 aliphatic rings. The summed E-state index contributed by atoms with van der Waals surface area (Å²) < 4.78 is 0. The third-order valence-electron chi connectivity index (χ3n) is 2.73. The molecule has 3 rings (SSSR count). The highest BCUT2D eigenvalue weighted by atomic mass is 35.5. The van der Waals surface area contributed by atoms with Crippen LogP contribution in [0.2, 0.25) is 5.02 Å². The molecular weight excluding hydrogens is 254 g/mol. The average Bonchev–Trinajstić information content (AvgIpc) is 2.94. The number of halogens is 1. The smallest absolute Gasteiger partial charge is 0.353 e. The van der Waals surface area contributed by atoms with E-state index >= 15 is 0 Å². The number of hydrogen-bond donors (Lipinski definition) is 3. The van der Waals surface area contributed by atoms with Gasteiger partial charge in [-0.3, -0.25) is 5.10 Å². The Morgan fingerprint density at radius 1 is 1.33 bits per heavy atom. The number of rotatable bonds is 2. The fourth-order valence-corrected chi connectivity index (χ4v) is 2.11. The number of aromatic carboxylic acids is 1. The second kappa shape index (κ2) is 3.89. The second-order valence-electron chi connectivity index (χ2n) is 3.87. The molecule has 1 aromatic carbocycles. The van der Waals surface area contributed by atoms with E-state index in [4.69, 9.17) is 16.7 Å². The maximum absolute atomic E-state index is 10.8. The van der Waals surface area contributed by atoms with Gasteiger partial charge in [-0.1, -0.05) is 11.6 Å². The van der Waals surface area contributed by atoms with Crippen molar-refractivity contribution in [3.63, 3.8) is 0 Å². The summed E-state index contributed by atoms with van der Waals surface area (Å²) in [6.45, 7) is 0. The van der Waals surface area contributed by atoms with Crippen molar-refractivity contribution in [2.75, 3.05) is 0 Å². The number of fused-ring (bicyclic) bond motifs is 1. The Labute approximate surface area is 106 Å². The van der Waals surface area contributed by atoms with Crippen molar-refractivity contribution >= 4 is 28.5 Å². The fraction of sp³-hybridized carbons (Fsp3) is 0. The van der Waals surface area contributed by atoms with Crippen LogP contribution in [0.5, 0.6) is 0 Å². The predicted octanol–water partition coefficient (Wildman–Crippen LogP) is 2.91. The predicted molar refractivity (Wildman–Crippen MR) is 67.8 cm³/mol. The lowest BCUT2D eigenvalue weighted by Gasteiger charge is -2.00. The summed E-state index contributed by atoms with van der Waals surface area (Å²) in [5.74, 6) is -1.05. The molecule has 0 fully saturated rings. The van der Waals surface area contributed by atoms with E-state index in [1.165, 1.54) is 6.07 Å². The Bertz CT molecular complexity index is 745. The van der Waals surface area contributed by atoms with Crippen molar-refractivity contribution in [2.24, 2.45) is 0 Å². The van der Waals surface area contributed by atoms with Gasteiger partial charge in [0, 0.05) is 22.7 Å². The van der Waals surface area contributed by atoms with Crippen molar-refractivity contribution in [3.05, 3.63) is 41.2 Å². The standard InChI is InChI=1S/C12H8ClN3O2/c13-8-3-6-1-2-14-9(6)4-7(8)10-5-11(12(17)18)16-15-10/h1-5,14H,(H,15,16)(H,17,18). The van der Waals surface area contributed by atoms with E-state index in [-0.39, 0.29) is 5.69 Å². The van der Waals surface area contributed by atoms with Crippen LogP contribution < -0.4 is 0 Å². The number of carbonyl (C=O) groups is 1. The molecule has 0 aliphatic heterocycles. The van der Waals surface area contributed by atoms with Crippen LogP contribution >= 0.6 is 11.6 Å². The zero-order valence-corrected chi connectivity index (χ0v) is 9.82. The van der Waals surface area contributed by atoms with Gasteiger partial charge in [0.05, 0.1) is 10.7 Å². The molecule has 0 spiro atoms. The van der Waals surface area contributed by atoms with Gasteiger partial charge < -0.3 is 10.1 Å². The quantitative estimate of drug-likeness (QED) is 0.663. The molecule has 18 heavy (non-hydrogen) atoms. The number of aromatic nitrogens is 3. The number of aromatic amines is 2. The molecule has 0 unspecified atom stereocenters. The second-order valence-corrected chi connectivity index (χ2v) is 4.28. The molecule has 2 aromatic heterocycles. The zero-order chi connectivity index (χ0) is 12.7. The van der Waals surface area contributed by atoms with Crippen molar-refractivity contribution in [1.82, 2.24) is 15.2 Å². The van der Waals surface area contributed by atoms with Crippen LogP contribution in [0, 0.1) is 0 Å². The van der Waals surface area contributed by atoms with E-state index in [0.29, 0.717) is 16.3 Å². The minimum atomic E-state index is -1.05. The molecule has 90 valence electrons. The van der Waals surface area contributed by atoms with Crippen molar-refractivity contribution < 1.29 is 9.90 Å². The number of carboxylic acids is 1. The van der Waals surface area contributed by atoms with Crippen molar-refractivity contribution in [3.8, 4) is 11.3 Å². The summed E-state index contributed by atoms with van der Waals surface area (Å²) in [7, 11) is 0. The number of H-pyrrole nitrogens is 2. The summed E-state index contributed by atoms with van der Waals surface area (Å²) >= 11 is 6.17. The number of nitrogens with one attached hydrogen (secondary N) is 2. The lowest BCUT2D eigenvalue weighted by Crippen LogP contribution is -1.95. The molecule has 3 N–H and O–H groups in total. The molecule has 2 heterocycles. The van der Waals surface area contributed by atoms with E-state index in [0.717, 1.165) is 10.9 Å². The van der Waals surface area contributed by atoms with Gasteiger partial charge in [-0.2, -0.15) is 5.10 Å². The first-order chi connectivity index (χ1) is 8.65. The number of hydrogen-bond acceptors (Lipinski definition) is 2. The first kappa shape index (κ1) is 10.9. The Morgan fingerprint density at radius 2 is 2.17 bits per heavy atom. The lowest BCUT2D eigenvalue weighted by atomic mass is 10.1. The number of benzene rings is 1. The lowest BCUT2D eigenvalue weighted by molar-refractivity contribution is 0.0690. The van der Waals surface area contributed by atoms with Gasteiger partial charge >= 0.3 is 5.97 Å². The highest BCUT2D eigenvalue weighted by molar-refractivity contribution is 6.34. The van der Waals surface area contributed by atoms with Gasteiger partial charge in [0.1, 0.15) is 5.69 Å². The highest BCUT2D eigenvalue weighted by Gasteiger charge is 2.12. The van der Waals surface area contributed by atoms with Gasteiger partial charge in [-0.05, 0) is 24.3 Å². The normalized spacial score (nSPS) is 10.9. The fourth-order valence-electron chi connectivity index (χ4n) is 1.84. The van der Waals surface area contributed by atoms with Gasteiger partial charge in [0.25, 0.3) is 0 Å². The van der Waals surface area contributed by atoms with Gasteiger partial charge in [0.2, 0.25) is 0 Å². The largest absolute Gasteiger partial charge is 0.477 e. The van der Waals surface area contributed by atoms with Crippen LogP contribution in [0.15, 0.2) is 30.5 Å². The monoisotopic (exact) mass is 261 g/mol. The third-order valence-corrected chi connectivity index (χ3v) is 3.04. The summed E-state index contributed by atoms with van der Waals surface area (Å²) in [5, 5.41) is 16.8. The Hall–Kier alpha value is -2.27. The Kier molecular flexibility index (Phi) is 2.34. The summed E-state index contributed by atoms with van der Waals surface area (Å²) in [5.41, 5.74) is 2.16. The molecule has 0 bridgehead atoms. The molecule has 0 saturated carbocycles. The maximum atomic E-state index is 10.8. The topological polar surface area (TPSA) is 81.8 Å². The molecule has 3 aromatic rings. The van der Waals surface area contributed by atoms with Crippen molar-refractivity contribution in [2.45, 2.75) is 0 Å². The first-order valence-electron chi connectivity index (χ1n) is 5.21. The molecule has 0 radical (unpaired) electrons.